The molecule has 1 saturated heterocycles. The molecule has 0 aliphatic carbocycles. The number of amides is 1. The first-order valence-corrected chi connectivity index (χ1v) is 12.0. The largest absolute Gasteiger partial charge is 0.495 e. The van der Waals surface area contributed by atoms with Gasteiger partial charge in [0.15, 0.2) is 0 Å². The Morgan fingerprint density at radius 3 is 2.32 bits per heavy atom. The molecule has 3 aromatic rings. The number of hydrogen-bond donors (Lipinski definition) is 0. The van der Waals surface area contributed by atoms with Crippen molar-refractivity contribution >= 4 is 23.3 Å². The average Bonchev–Trinajstić information content (AvgIpc) is 3.31. The van der Waals surface area contributed by atoms with Crippen LogP contribution in [0.15, 0.2) is 60.7 Å². The average molecular weight is 478 g/mol. The smallest absolute Gasteiger partial charge is 0.253 e. The normalized spacial score (nSPS) is 17.4. The van der Waals surface area contributed by atoms with Gasteiger partial charge in [-0.1, -0.05) is 41.9 Å². The number of rotatable bonds is 4. The van der Waals surface area contributed by atoms with Gasteiger partial charge in [0.05, 0.1) is 23.4 Å². The first kappa shape index (κ1) is 22.7. The van der Waals surface area contributed by atoms with E-state index in [1.54, 1.807) is 25.3 Å². The molecule has 2 aliphatic rings. The Hall–Kier alpha value is -3.09. The lowest BCUT2D eigenvalue weighted by Crippen LogP contribution is -2.56. The fourth-order valence-electron chi connectivity index (χ4n) is 5.41. The molecule has 5 rings (SSSR count). The van der Waals surface area contributed by atoms with E-state index in [0.29, 0.717) is 35.0 Å². The van der Waals surface area contributed by atoms with Crippen LogP contribution in [0, 0.1) is 0 Å². The van der Waals surface area contributed by atoms with Crippen molar-refractivity contribution < 1.29 is 14.3 Å². The highest BCUT2D eigenvalue weighted by atomic mass is 35.5. The monoisotopic (exact) mass is 477 g/mol. The van der Waals surface area contributed by atoms with E-state index in [4.69, 9.17) is 16.3 Å². The van der Waals surface area contributed by atoms with E-state index in [1.807, 2.05) is 41.3 Å². The van der Waals surface area contributed by atoms with Crippen LogP contribution in [-0.4, -0.2) is 59.8 Å². The molecule has 0 radical (unpaired) electrons. The van der Waals surface area contributed by atoms with E-state index in [-0.39, 0.29) is 17.2 Å². The van der Waals surface area contributed by atoms with Crippen LogP contribution in [0.1, 0.15) is 44.9 Å². The summed E-state index contributed by atoms with van der Waals surface area (Å²) in [4.78, 5) is 30.7. The van der Waals surface area contributed by atoms with E-state index < -0.39 is 0 Å². The quantitative estimate of drug-likeness (QED) is 0.521. The lowest BCUT2D eigenvalue weighted by Gasteiger charge is -2.50. The predicted octanol–water partition coefficient (Wildman–Crippen LogP) is 4.46. The van der Waals surface area contributed by atoms with Crippen molar-refractivity contribution in [3.63, 3.8) is 0 Å². The number of benzene rings is 2. The molecule has 0 N–H and O–H groups in total. The van der Waals surface area contributed by atoms with E-state index in [0.717, 1.165) is 31.6 Å². The Bertz CT molecular complexity index is 1230. The molecule has 3 heterocycles. The van der Waals surface area contributed by atoms with Gasteiger partial charge in [0.25, 0.3) is 5.91 Å². The van der Waals surface area contributed by atoms with Crippen molar-refractivity contribution in [2.45, 2.75) is 24.9 Å². The fourth-order valence-corrected chi connectivity index (χ4v) is 5.67. The minimum absolute atomic E-state index is 0.0202. The van der Waals surface area contributed by atoms with E-state index in [2.05, 4.69) is 22.6 Å². The summed E-state index contributed by atoms with van der Waals surface area (Å²) in [5.41, 5.74) is 2.98. The molecule has 0 bridgehead atoms. The molecule has 6 nitrogen and oxygen atoms in total. The van der Waals surface area contributed by atoms with Crippen LogP contribution in [0.4, 0.5) is 0 Å². The SMILES string of the molecule is COc1ccc(C(=O)N2CCC3(CC2)c2ccc(C(=O)c4ccccc4)n2CCN3C)cc1Cl. The Labute approximate surface area is 204 Å². The minimum Gasteiger partial charge on any atom is -0.495 e. The van der Waals surface area contributed by atoms with Crippen LogP contribution in [0.2, 0.25) is 5.02 Å². The molecule has 2 aromatic carbocycles. The predicted molar refractivity (Wildman–Crippen MR) is 132 cm³/mol. The van der Waals surface area contributed by atoms with Gasteiger partial charge in [-0.05, 0) is 50.2 Å². The standard InChI is InChI=1S/C27H28ClN3O3/c1-29-16-17-31-22(25(32)19-6-4-3-5-7-19)9-11-24(31)27(29)12-14-30(15-13-27)26(33)20-8-10-23(34-2)21(28)18-20/h3-11,18H,12-17H2,1-2H3. The summed E-state index contributed by atoms with van der Waals surface area (Å²) in [6, 6.07) is 18.7. The molecule has 176 valence electrons. The summed E-state index contributed by atoms with van der Waals surface area (Å²) in [6.45, 7) is 2.92. The topological polar surface area (TPSA) is 54.8 Å². The maximum Gasteiger partial charge on any atom is 0.253 e. The van der Waals surface area contributed by atoms with E-state index in [9.17, 15) is 9.59 Å². The van der Waals surface area contributed by atoms with Gasteiger partial charge in [0.2, 0.25) is 5.78 Å². The number of aromatic nitrogens is 1. The Morgan fingerprint density at radius 1 is 0.912 bits per heavy atom. The highest BCUT2D eigenvalue weighted by Crippen LogP contribution is 2.42. The number of fused-ring (bicyclic) bond motifs is 2. The Morgan fingerprint density at radius 2 is 1.65 bits per heavy atom. The number of ketones is 1. The zero-order chi connectivity index (χ0) is 23.9. The fraction of sp³-hybridized carbons (Fsp3) is 0.333. The third kappa shape index (κ3) is 3.71. The Kier molecular flexibility index (Phi) is 5.96. The third-order valence-corrected chi connectivity index (χ3v) is 7.69. The zero-order valence-electron chi connectivity index (χ0n) is 19.5. The number of likely N-dealkylation sites (tertiary alicyclic amines) is 1. The summed E-state index contributed by atoms with van der Waals surface area (Å²) in [6.07, 6.45) is 1.62. The van der Waals surface area contributed by atoms with E-state index in [1.165, 1.54) is 5.69 Å². The number of halogens is 1. The molecular weight excluding hydrogens is 450 g/mol. The number of hydrogen-bond acceptors (Lipinski definition) is 4. The van der Waals surface area contributed by atoms with Crippen molar-refractivity contribution in [2.75, 3.05) is 33.8 Å². The summed E-state index contributed by atoms with van der Waals surface area (Å²) in [5.74, 6) is 0.588. The van der Waals surface area contributed by atoms with Gasteiger partial charge in [-0.25, -0.2) is 0 Å². The van der Waals surface area contributed by atoms with Gasteiger partial charge in [0.1, 0.15) is 5.75 Å². The zero-order valence-corrected chi connectivity index (χ0v) is 20.2. The molecule has 34 heavy (non-hydrogen) atoms. The number of piperidine rings is 1. The summed E-state index contributed by atoms with van der Waals surface area (Å²) in [7, 11) is 3.71. The first-order valence-electron chi connectivity index (χ1n) is 11.6. The van der Waals surface area contributed by atoms with Gasteiger partial charge < -0.3 is 14.2 Å². The van der Waals surface area contributed by atoms with Gasteiger partial charge in [-0.2, -0.15) is 0 Å². The number of ether oxygens (including phenoxy) is 1. The maximum absolute atomic E-state index is 13.2. The maximum atomic E-state index is 13.2. The number of carbonyl (C=O) groups excluding carboxylic acids is 2. The highest BCUT2D eigenvalue weighted by molar-refractivity contribution is 6.32. The second kappa shape index (κ2) is 8.93. The van der Waals surface area contributed by atoms with Crippen LogP contribution in [0.5, 0.6) is 5.75 Å². The third-order valence-electron chi connectivity index (χ3n) is 7.39. The van der Waals surface area contributed by atoms with Crippen molar-refractivity contribution in [1.82, 2.24) is 14.4 Å². The summed E-state index contributed by atoms with van der Waals surface area (Å²) in [5, 5.41) is 0.433. The molecule has 2 aliphatic heterocycles. The van der Waals surface area contributed by atoms with Crippen LogP contribution in [0.25, 0.3) is 0 Å². The molecule has 1 fully saturated rings. The molecule has 1 spiro atoms. The second-order valence-electron chi connectivity index (χ2n) is 9.05. The van der Waals surface area contributed by atoms with E-state index >= 15 is 0 Å². The molecule has 7 heteroatoms. The van der Waals surface area contributed by atoms with Gasteiger partial charge in [-0.15, -0.1) is 0 Å². The van der Waals surface area contributed by atoms with Crippen LogP contribution >= 0.6 is 11.6 Å². The van der Waals surface area contributed by atoms with Gasteiger partial charge in [0, 0.05) is 43.0 Å². The van der Waals surface area contributed by atoms with Crippen LogP contribution < -0.4 is 4.74 Å². The highest BCUT2D eigenvalue weighted by Gasteiger charge is 2.45. The van der Waals surface area contributed by atoms with Crippen molar-refractivity contribution in [2.24, 2.45) is 0 Å². The lowest BCUT2D eigenvalue weighted by atomic mass is 9.81. The lowest BCUT2D eigenvalue weighted by molar-refractivity contribution is 0.0128. The van der Waals surface area contributed by atoms with Gasteiger partial charge >= 0.3 is 0 Å². The van der Waals surface area contributed by atoms with Crippen molar-refractivity contribution in [3.8, 4) is 5.75 Å². The molecule has 0 atom stereocenters. The summed E-state index contributed by atoms with van der Waals surface area (Å²) < 4.78 is 7.39. The number of carbonyl (C=O) groups is 2. The molecule has 0 saturated carbocycles. The first-order chi connectivity index (χ1) is 16.4. The molecular formula is C27H28ClN3O3. The summed E-state index contributed by atoms with van der Waals surface area (Å²) >= 11 is 6.24. The van der Waals surface area contributed by atoms with Crippen molar-refractivity contribution in [3.05, 3.63) is 88.2 Å². The van der Waals surface area contributed by atoms with Crippen LogP contribution in [-0.2, 0) is 12.1 Å². The number of nitrogens with zero attached hydrogens (tertiary/aromatic N) is 3. The minimum atomic E-state index is -0.193. The number of methoxy groups -OCH3 is 1. The molecule has 1 amide bonds. The van der Waals surface area contributed by atoms with Crippen LogP contribution in [0.3, 0.4) is 0 Å². The second-order valence-corrected chi connectivity index (χ2v) is 9.45. The number of likely N-dealkylation sites (N-methyl/N-ethyl adjacent to an activating group) is 1. The van der Waals surface area contributed by atoms with Crippen molar-refractivity contribution in [1.29, 1.82) is 0 Å². The molecule has 0 unspecified atom stereocenters. The Balaban J connectivity index is 1.38. The molecule has 1 aromatic heterocycles. The van der Waals surface area contributed by atoms with Gasteiger partial charge in [-0.3, -0.25) is 14.5 Å².